The van der Waals surface area contributed by atoms with Gasteiger partial charge in [0.1, 0.15) is 5.02 Å². The SMILES string of the molecule is Cc1cc([N+](=O)[O-])c(Cl)cc1NCCC(=O)NC(C)(C)C. The van der Waals surface area contributed by atoms with Crippen LogP contribution in [0.15, 0.2) is 12.1 Å². The summed E-state index contributed by atoms with van der Waals surface area (Å²) in [6.07, 6.45) is 0.311. The van der Waals surface area contributed by atoms with Crippen molar-refractivity contribution in [2.45, 2.75) is 39.7 Å². The van der Waals surface area contributed by atoms with Crippen LogP contribution in [0.25, 0.3) is 0 Å². The van der Waals surface area contributed by atoms with Gasteiger partial charge in [0.15, 0.2) is 0 Å². The minimum absolute atomic E-state index is 0.0549. The third kappa shape index (κ3) is 5.59. The predicted octanol–water partition coefficient (Wildman–Crippen LogP) is 3.27. The van der Waals surface area contributed by atoms with Crippen LogP contribution in [0.2, 0.25) is 5.02 Å². The topological polar surface area (TPSA) is 84.3 Å². The number of nitrogens with zero attached hydrogens (tertiary/aromatic N) is 1. The van der Waals surface area contributed by atoms with E-state index in [0.29, 0.717) is 24.2 Å². The zero-order valence-corrected chi connectivity index (χ0v) is 13.4. The Morgan fingerprint density at radius 1 is 1.38 bits per heavy atom. The Balaban J connectivity index is 2.63. The molecule has 2 N–H and O–H groups in total. The lowest BCUT2D eigenvalue weighted by Crippen LogP contribution is -2.41. The molecule has 0 unspecified atom stereocenters. The molecule has 1 aromatic carbocycles. The number of hydrogen-bond donors (Lipinski definition) is 2. The second-order valence-electron chi connectivity index (χ2n) is 5.85. The smallest absolute Gasteiger partial charge is 0.288 e. The molecule has 0 fully saturated rings. The Morgan fingerprint density at radius 2 is 2.00 bits per heavy atom. The van der Waals surface area contributed by atoms with Gasteiger partial charge in [-0.1, -0.05) is 11.6 Å². The molecule has 1 aromatic rings. The van der Waals surface area contributed by atoms with Crippen molar-refractivity contribution in [3.8, 4) is 0 Å². The summed E-state index contributed by atoms with van der Waals surface area (Å²) in [4.78, 5) is 21.9. The molecule has 0 aromatic heterocycles. The van der Waals surface area contributed by atoms with Crippen LogP contribution in [0.1, 0.15) is 32.8 Å². The fourth-order valence-corrected chi connectivity index (χ4v) is 2.02. The molecule has 6 nitrogen and oxygen atoms in total. The van der Waals surface area contributed by atoms with Crippen molar-refractivity contribution < 1.29 is 9.72 Å². The maximum atomic E-state index is 11.7. The van der Waals surface area contributed by atoms with Gasteiger partial charge in [-0.25, -0.2) is 0 Å². The molecule has 0 atom stereocenters. The molecule has 1 rings (SSSR count). The molecule has 0 aliphatic rings. The van der Waals surface area contributed by atoms with E-state index in [1.165, 1.54) is 12.1 Å². The van der Waals surface area contributed by atoms with Crippen LogP contribution in [-0.2, 0) is 4.79 Å². The van der Waals surface area contributed by atoms with Crippen molar-refractivity contribution in [1.82, 2.24) is 5.32 Å². The Kier molecular flexibility index (Phi) is 5.54. The van der Waals surface area contributed by atoms with E-state index in [4.69, 9.17) is 11.6 Å². The first-order chi connectivity index (χ1) is 9.60. The van der Waals surface area contributed by atoms with Crippen molar-refractivity contribution in [3.63, 3.8) is 0 Å². The highest BCUT2D eigenvalue weighted by molar-refractivity contribution is 6.33. The third-order valence-electron chi connectivity index (χ3n) is 2.67. The van der Waals surface area contributed by atoms with Crippen LogP contribution in [-0.4, -0.2) is 22.9 Å². The number of carbonyl (C=O) groups excluding carboxylic acids is 1. The van der Waals surface area contributed by atoms with Crippen molar-refractivity contribution in [3.05, 3.63) is 32.8 Å². The highest BCUT2D eigenvalue weighted by Gasteiger charge is 2.16. The van der Waals surface area contributed by atoms with Crippen LogP contribution in [0.3, 0.4) is 0 Å². The maximum absolute atomic E-state index is 11.7. The number of carbonyl (C=O) groups is 1. The van der Waals surface area contributed by atoms with Gasteiger partial charge in [-0.2, -0.15) is 0 Å². The molecule has 1 amide bonds. The number of halogens is 1. The first-order valence-corrected chi connectivity index (χ1v) is 6.97. The number of nitrogens with one attached hydrogen (secondary N) is 2. The van der Waals surface area contributed by atoms with Crippen molar-refractivity contribution >= 4 is 28.9 Å². The second-order valence-corrected chi connectivity index (χ2v) is 6.26. The van der Waals surface area contributed by atoms with Crippen LogP contribution in [0.5, 0.6) is 0 Å². The molecule has 0 heterocycles. The van der Waals surface area contributed by atoms with Gasteiger partial charge in [-0.15, -0.1) is 0 Å². The number of hydrogen-bond acceptors (Lipinski definition) is 4. The van der Waals surface area contributed by atoms with E-state index in [0.717, 1.165) is 0 Å². The number of aryl methyl sites for hydroxylation is 1. The molecule has 0 aliphatic heterocycles. The van der Waals surface area contributed by atoms with Crippen molar-refractivity contribution in [2.75, 3.05) is 11.9 Å². The minimum atomic E-state index is -0.518. The van der Waals surface area contributed by atoms with Crippen LogP contribution in [0.4, 0.5) is 11.4 Å². The van der Waals surface area contributed by atoms with Crippen LogP contribution in [0, 0.1) is 17.0 Å². The summed E-state index contributed by atoms with van der Waals surface area (Å²) in [5.74, 6) is -0.0549. The normalized spacial score (nSPS) is 11.1. The fraction of sp³-hybridized carbons (Fsp3) is 0.500. The average molecular weight is 314 g/mol. The Labute approximate surface area is 129 Å². The molecule has 21 heavy (non-hydrogen) atoms. The summed E-state index contributed by atoms with van der Waals surface area (Å²) < 4.78 is 0. The summed E-state index contributed by atoms with van der Waals surface area (Å²) in [5.41, 5.74) is 1.02. The van der Waals surface area contributed by atoms with Gasteiger partial charge in [0.25, 0.3) is 5.69 Å². The van der Waals surface area contributed by atoms with Gasteiger partial charge in [-0.3, -0.25) is 14.9 Å². The third-order valence-corrected chi connectivity index (χ3v) is 2.98. The predicted molar refractivity (Wildman–Crippen MR) is 83.8 cm³/mol. The zero-order valence-electron chi connectivity index (χ0n) is 12.6. The lowest BCUT2D eigenvalue weighted by atomic mass is 10.1. The molecule has 0 spiro atoms. The van der Waals surface area contributed by atoms with Crippen LogP contribution >= 0.6 is 11.6 Å². The van der Waals surface area contributed by atoms with Crippen molar-refractivity contribution in [2.24, 2.45) is 0 Å². The largest absolute Gasteiger partial charge is 0.384 e. The van der Waals surface area contributed by atoms with E-state index in [1.807, 2.05) is 20.8 Å². The molecular weight excluding hydrogens is 294 g/mol. The number of rotatable bonds is 5. The molecule has 0 aliphatic carbocycles. The van der Waals surface area contributed by atoms with E-state index in [-0.39, 0.29) is 22.2 Å². The van der Waals surface area contributed by atoms with E-state index in [9.17, 15) is 14.9 Å². The van der Waals surface area contributed by atoms with E-state index in [1.54, 1.807) is 6.92 Å². The number of nitro benzene ring substituents is 1. The van der Waals surface area contributed by atoms with Gasteiger partial charge in [-0.05, 0) is 39.3 Å². The van der Waals surface area contributed by atoms with Crippen LogP contribution < -0.4 is 10.6 Å². The Bertz CT molecular complexity index is 553. The first-order valence-electron chi connectivity index (χ1n) is 6.59. The summed E-state index contributed by atoms with van der Waals surface area (Å²) in [6.45, 7) is 7.92. The summed E-state index contributed by atoms with van der Waals surface area (Å²) in [7, 11) is 0. The molecule has 0 radical (unpaired) electrons. The molecule has 116 valence electrons. The van der Waals surface area contributed by atoms with Gasteiger partial charge in [0, 0.05) is 30.3 Å². The number of anilines is 1. The molecular formula is C14H20ClN3O3. The van der Waals surface area contributed by atoms with E-state index >= 15 is 0 Å². The highest BCUT2D eigenvalue weighted by Crippen LogP contribution is 2.30. The lowest BCUT2D eigenvalue weighted by Gasteiger charge is -2.20. The van der Waals surface area contributed by atoms with Gasteiger partial charge in [0.2, 0.25) is 5.91 Å². The summed E-state index contributed by atoms with van der Waals surface area (Å²) in [6, 6.07) is 2.93. The number of benzene rings is 1. The maximum Gasteiger partial charge on any atom is 0.288 e. The monoisotopic (exact) mass is 313 g/mol. The Morgan fingerprint density at radius 3 is 2.52 bits per heavy atom. The quantitative estimate of drug-likeness (QED) is 0.645. The zero-order chi connectivity index (χ0) is 16.2. The summed E-state index contributed by atoms with van der Waals surface area (Å²) >= 11 is 5.86. The van der Waals surface area contributed by atoms with Gasteiger partial charge in [0.05, 0.1) is 4.92 Å². The summed E-state index contributed by atoms with van der Waals surface area (Å²) in [5, 5.41) is 16.8. The highest BCUT2D eigenvalue weighted by atomic mass is 35.5. The van der Waals surface area contributed by atoms with Crippen molar-refractivity contribution in [1.29, 1.82) is 0 Å². The first kappa shape index (κ1) is 17.2. The molecule has 0 saturated heterocycles. The molecule has 7 heteroatoms. The van der Waals surface area contributed by atoms with E-state index in [2.05, 4.69) is 10.6 Å². The number of amides is 1. The minimum Gasteiger partial charge on any atom is -0.384 e. The molecule has 0 bridgehead atoms. The fourth-order valence-electron chi connectivity index (χ4n) is 1.79. The second kappa shape index (κ2) is 6.76. The molecule has 0 saturated carbocycles. The Hall–Kier alpha value is -1.82. The average Bonchev–Trinajstić information content (AvgIpc) is 2.30. The van der Waals surface area contributed by atoms with Gasteiger partial charge >= 0.3 is 0 Å². The van der Waals surface area contributed by atoms with Gasteiger partial charge < -0.3 is 10.6 Å². The standard InChI is InChI=1S/C14H20ClN3O3/c1-9-7-12(18(20)21)10(15)8-11(9)16-6-5-13(19)17-14(2,3)4/h7-8,16H,5-6H2,1-4H3,(H,17,19). The number of nitro groups is 1. The lowest BCUT2D eigenvalue weighted by molar-refractivity contribution is -0.384. The van der Waals surface area contributed by atoms with E-state index < -0.39 is 4.92 Å².